The fraction of sp³-hybridized carbons (Fsp3) is 0.617. The molecule has 0 saturated heterocycles. The summed E-state index contributed by atoms with van der Waals surface area (Å²) in [5, 5.41) is 25.5. The number of nitrogens with one attached hydrogen (secondary N) is 3. The van der Waals surface area contributed by atoms with E-state index in [0.29, 0.717) is 181 Å². The molecule has 0 bridgehead atoms. The summed E-state index contributed by atoms with van der Waals surface area (Å²) in [7, 11) is 0. The number of hydrogen-bond donors (Lipinski definition) is 6. The summed E-state index contributed by atoms with van der Waals surface area (Å²) in [6.07, 6.45) is 4.41. The van der Waals surface area contributed by atoms with Crippen LogP contribution in [-0.4, -0.2) is 195 Å². The Kier molecular flexibility index (Phi) is 33.4. The zero-order valence-electron chi connectivity index (χ0n) is 40.2. The van der Waals surface area contributed by atoms with Crippen molar-refractivity contribution in [2.45, 2.75) is 44.9 Å². The molecule has 392 valence electrons. The highest BCUT2D eigenvalue weighted by molar-refractivity contribution is 5.95. The third-order valence-corrected chi connectivity index (χ3v) is 9.58. The van der Waals surface area contributed by atoms with Crippen molar-refractivity contribution in [2.75, 3.05) is 145 Å². The van der Waals surface area contributed by atoms with E-state index < -0.39 is 18.6 Å². The first-order valence-electron chi connectivity index (χ1n) is 23.6. The van der Waals surface area contributed by atoms with E-state index in [1.165, 1.54) is 0 Å². The van der Waals surface area contributed by atoms with E-state index in [1.807, 2.05) is 18.2 Å². The average Bonchev–Trinajstić information content (AvgIpc) is 3.82. The second kappa shape index (κ2) is 39.5. The van der Waals surface area contributed by atoms with Crippen LogP contribution in [0.4, 0.5) is 0 Å². The average molecular weight is 991 g/mol. The minimum atomic E-state index is -0.921. The number of aliphatic hydroxyl groups is 1. The summed E-state index contributed by atoms with van der Waals surface area (Å²) >= 11 is 0. The van der Waals surface area contributed by atoms with Crippen LogP contribution in [0.25, 0.3) is 0 Å². The summed E-state index contributed by atoms with van der Waals surface area (Å²) in [5.41, 5.74) is 13.0. The molecule has 1 heterocycles. The smallest absolute Gasteiger partial charge is 0.251 e. The van der Waals surface area contributed by atoms with Crippen LogP contribution in [0.5, 0.6) is 5.75 Å². The molecule has 0 aliphatic rings. The molecule has 70 heavy (non-hydrogen) atoms. The van der Waals surface area contributed by atoms with E-state index in [2.05, 4.69) is 26.3 Å². The van der Waals surface area contributed by atoms with Crippen LogP contribution in [0.1, 0.15) is 57.7 Å². The molecule has 23 nitrogen and oxygen atoms in total. The number of hydrogen-bond acceptors (Lipinski definition) is 18. The lowest BCUT2D eigenvalue weighted by Gasteiger charge is -2.10. The zero-order chi connectivity index (χ0) is 50.1. The number of primary amides is 1. The summed E-state index contributed by atoms with van der Waals surface area (Å²) in [4.78, 5) is 47.6. The van der Waals surface area contributed by atoms with Crippen molar-refractivity contribution < 1.29 is 71.7 Å². The molecular weight excluding hydrogens is 917 g/mol. The van der Waals surface area contributed by atoms with Gasteiger partial charge in [0.05, 0.1) is 138 Å². The number of amides is 4. The lowest BCUT2D eigenvalue weighted by atomic mass is 10.1. The number of carbonyl (C=O) groups is 4. The lowest BCUT2D eigenvalue weighted by molar-refractivity contribution is -0.123. The Hall–Kier alpha value is -5.18. The monoisotopic (exact) mass is 991 g/mol. The van der Waals surface area contributed by atoms with E-state index in [4.69, 9.17) is 63.9 Å². The molecule has 0 spiro atoms. The molecule has 1 atom stereocenters. The Balaban J connectivity index is 1.06. The van der Waals surface area contributed by atoms with E-state index in [-0.39, 0.29) is 24.3 Å². The number of aromatic nitrogens is 3. The second-order valence-electron chi connectivity index (χ2n) is 15.3. The van der Waals surface area contributed by atoms with Crippen LogP contribution in [0, 0.1) is 0 Å². The highest BCUT2D eigenvalue weighted by atomic mass is 16.6. The molecule has 0 aliphatic heterocycles. The van der Waals surface area contributed by atoms with E-state index >= 15 is 0 Å². The Labute approximate surface area is 409 Å². The fourth-order valence-corrected chi connectivity index (χ4v) is 5.93. The van der Waals surface area contributed by atoms with Gasteiger partial charge in [0.25, 0.3) is 11.8 Å². The van der Waals surface area contributed by atoms with Gasteiger partial charge in [0.2, 0.25) is 11.8 Å². The first-order valence-corrected chi connectivity index (χ1v) is 23.6. The molecular formula is C47H74N8O15. The van der Waals surface area contributed by atoms with Gasteiger partial charge >= 0.3 is 0 Å². The first kappa shape index (κ1) is 59.1. The van der Waals surface area contributed by atoms with Crippen LogP contribution < -0.4 is 32.2 Å². The van der Waals surface area contributed by atoms with Gasteiger partial charge < -0.3 is 79.9 Å². The topological polar surface area (TPSA) is 300 Å². The van der Waals surface area contributed by atoms with Crippen LogP contribution >= 0.6 is 0 Å². The predicted octanol–water partition coefficient (Wildman–Crippen LogP) is -0.00410. The van der Waals surface area contributed by atoms with Crippen molar-refractivity contribution >= 4 is 23.6 Å². The lowest BCUT2D eigenvalue weighted by Crippen LogP contribution is -2.44. The van der Waals surface area contributed by atoms with Gasteiger partial charge in [-0.3, -0.25) is 19.2 Å². The summed E-state index contributed by atoms with van der Waals surface area (Å²) in [5.74, 6) is -0.646. The molecule has 3 aromatic rings. The van der Waals surface area contributed by atoms with Crippen LogP contribution in [-0.2, 0) is 65.4 Å². The zero-order valence-corrected chi connectivity index (χ0v) is 40.2. The van der Waals surface area contributed by atoms with Gasteiger partial charge in [0.15, 0.2) is 0 Å². The van der Waals surface area contributed by atoms with Crippen molar-refractivity contribution in [3.8, 4) is 5.75 Å². The normalized spacial score (nSPS) is 11.6. The third kappa shape index (κ3) is 29.8. The molecule has 3 rings (SSSR count). The predicted molar refractivity (Wildman–Crippen MR) is 254 cm³/mol. The molecule has 2 aromatic carbocycles. The maximum atomic E-state index is 12.7. The molecule has 23 heteroatoms. The van der Waals surface area contributed by atoms with Crippen molar-refractivity contribution in [2.24, 2.45) is 11.5 Å². The number of benzene rings is 2. The van der Waals surface area contributed by atoms with E-state index in [0.717, 1.165) is 18.4 Å². The van der Waals surface area contributed by atoms with Crippen molar-refractivity contribution in [3.63, 3.8) is 0 Å². The molecule has 1 unspecified atom stereocenters. The Morgan fingerprint density at radius 3 is 1.57 bits per heavy atom. The SMILES string of the molecule is NC(=O)CCCCCNC(=O)c1cccc(Cn2cc(COc3cccc(C(=O)NCCOCCOCCOCCOCCOCCOCCOCCOCCOCCNC(=O)C(N)CO)c3)nn2)c1. The number of nitrogens with two attached hydrogens (primary N) is 2. The van der Waals surface area contributed by atoms with Crippen LogP contribution in [0.2, 0.25) is 0 Å². The molecule has 0 fully saturated rings. The summed E-state index contributed by atoms with van der Waals surface area (Å²) in [6.45, 7) is 8.83. The third-order valence-electron chi connectivity index (χ3n) is 9.58. The molecule has 0 aliphatic carbocycles. The standard InChI is InChI=1S/C47H74N8O15/c48-43(36-56)47(60)52-13-15-62-17-19-64-21-23-66-25-27-68-29-31-69-30-28-67-26-24-65-22-20-63-18-16-61-14-12-51-46(59)40-8-5-9-42(33-40)70-37-41-35-55(54-53-41)34-38-6-4-7-39(32-38)45(58)50-11-3-1-2-10-44(49)57/h4-9,32-33,35,43,56H,1-3,10-31,34,36-37,48H2,(H2,49,57)(H,50,58)(H,51,59)(H,52,60). The largest absolute Gasteiger partial charge is 0.487 e. The second-order valence-corrected chi connectivity index (χ2v) is 15.3. The van der Waals surface area contributed by atoms with Gasteiger partial charge in [-0.15, -0.1) is 5.10 Å². The van der Waals surface area contributed by atoms with Crippen molar-refractivity contribution in [3.05, 3.63) is 77.1 Å². The van der Waals surface area contributed by atoms with Gasteiger partial charge in [-0.1, -0.05) is 29.8 Å². The molecule has 0 saturated carbocycles. The number of ether oxygens (including phenoxy) is 10. The Morgan fingerprint density at radius 2 is 1.06 bits per heavy atom. The number of unbranched alkanes of at least 4 members (excludes halogenated alkanes) is 2. The Bertz CT molecular complexity index is 1860. The minimum Gasteiger partial charge on any atom is -0.487 e. The maximum Gasteiger partial charge on any atom is 0.251 e. The Morgan fingerprint density at radius 1 is 0.586 bits per heavy atom. The minimum absolute atomic E-state index is 0.148. The summed E-state index contributed by atoms with van der Waals surface area (Å²) < 4.78 is 56.8. The number of carbonyl (C=O) groups excluding carboxylic acids is 4. The highest BCUT2D eigenvalue weighted by Crippen LogP contribution is 2.15. The molecule has 8 N–H and O–H groups in total. The number of nitrogens with zero attached hydrogens (tertiary/aromatic N) is 3. The molecule has 1 aromatic heterocycles. The van der Waals surface area contributed by atoms with E-state index in [9.17, 15) is 19.2 Å². The van der Waals surface area contributed by atoms with Gasteiger partial charge in [-0.05, 0) is 48.7 Å². The number of rotatable bonds is 45. The first-order chi connectivity index (χ1) is 34.2. The van der Waals surface area contributed by atoms with Crippen molar-refractivity contribution in [1.29, 1.82) is 0 Å². The van der Waals surface area contributed by atoms with Crippen molar-refractivity contribution in [1.82, 2.24) is 30.9 Å². The molecule has 4 amide bonds. The molecule has 0 radical (unpaired) electrons. The van der Waals surface area contributed by atoms with Gasteiger partial charge in [0, 0.05) is 37.2 Å². The number of aliphatic hydroxyl groups excluding tert-OH is 1. The van der Waals surface area contributed by atoms with Gasteiger partial charge in [-0.25, -0.2) is 4.68 Å². The highest BCUT2D eigenvalue weighted by Gasteiger charge is 2.12. The van der Waals surface area contributed by atoms with E-state index in [1.54, 1.807) is 41.2 Å². The van der Waals surface area contributed by atoms with Gasteiger partial charge in [0.1, 0.15) is 24.1 Å². The van der Waals surface area contributed by atoms with Crippen LogP contribution in [0.3, 0.4) is 0 Å². The quantitative estimate of drug-likeness (QED) is 0.0406. The van der Waals surface area contributed by atoms with Crippen LogP contribution in [0.15, 0.2) is 54.7 Å². The maximum absolute atomic E-state index is 12.7. The summed E-state index contributed by atoms with van der Waals surface area (Å²) in [6, 6.07) is 13.2. The fourth-order valence-electron chi connectivity index (χ4n) is 5.93. The van der Waals surface area contributed by atoms with Gasteiger partial charge in [-0.2, -0.15) is 0 Å².